The average molecular weight is 591 g/mol. The molecule has 0 saturated carbocycles. The van der Waals surface area contributed by atoms with Crippen LogP contribution in [0.2, 0.25) is 0 Å². The third-order valence-electron chi connectivity index (χ3n) is 6.67. The molecule has 0 aliphatic carbocycles. The lowest BCUT2D eigenvalue weighted by molar-refractivity contribution is 0.0431. The Morgan fingerprint density at radius 2 is 0.619 bits per heavy atom. The number of ether oxygens (including phenoxy) is 4. The number of hydrogen-bond donors (Lipinski definition) is 0. The highest BCUT2D eigenvalue weighted by Gasteiger charge is 2.29. The van der Waals surface area contributed by atoms with Gasteiger partial charge in [-0.15, -0.1) is 0 Å². The number of carbonyl (C=O) groups is 4. The van der Waals surface area contributed by atoms with Gasteiger partial charge in [-0.3, -0.25) is 0 Å². The van der Waals surface area contributed by atoms with Crippen LogP contribution in [0.1, 0.15) is 148 Å². The van der Waals surface area contributed by atoms with Gasteiger partial charge in [0.15, 0.2) is 0 Å². The van der Waals surface area contributed by atoms with Gasteiger partial charge in [0.1, 0.15) is 0 Å². The summed E-state index contributed by atoms with van der Waals surface area (Å²) in [4.78, 5) is 52.8. The maximum absolute atomic E-state index is 13.2. The van der Waals surface area contributed by atoms with Crippen molar-refractivity contribution in [3.8, 4) is 0 Å². The fourth-order valence-electron chi connectivity index (χ4n) is 4.21. The topological polar surface area (TPSA) is 105 Å². The largest absolute Gasteiger partial charge is 0.462 e. The summed E-state index contributed by atoms with van der Waals surface area (Å²) in [6, 6.07) is 2.43. The summed E-state index contributed by atoms with van der Waals surface area (Å²) in [6.07, 6.45) is 6.10. The molecule has 0 saturated heterocycles. The Labute approximate surface area is 253 Å². The summed E-state index contributed by atoms with van der Waals surface area (Å²) in [5.41, 5.74) is -0.560. The minimum atomic E-state index is -0.765. The van der Waals surface area contributed by atoms with Crippen LogP contribution in [0.5, 0.6) is 0 Å². The molecule has 0 aromatic heterocycles. The Bertz CT molecular complexity index is 839. The SMILES string of the molecule is CC(C)CCCOC(=O)c1cc(C(=O)OCCCC(C)C)c(C(=O)OCCCC(C)C)cc1C(=O)OCCCC(C)C. The van der Waals surface area contributed by atoms with Crippen LogP contribution in [0.4, 0.5) is 0 Å². The number of hydrogen-bond acceptors (Lipinski definition) is 8. The first-order valence-corrected chi connectivity index (χ1v) is 15.7. The van der Waals surface area contributed by atoms with Crippen LogP contribution in [-0.2, 0) is 18.9 Å². The Balaban J connectivity index is 3.40. The van der Waals surface area contributed by atoms with Crippen LogP contribution in [0, 0.1) is 23.7 Å². The monoisotopic (exact) mass is 590 g/mol. The van der Waals surface area contributed by atoms with Gasteiger partial charge in [-0.2, -0.15) is 0 Å². The van der Waals surface area contributed by atoms with Gasteiger partial charge >= 0.3 is 23.9 Å². The van der Waals surface area contributed by atoms with Gasteiger partial charge in [0.25, 0.3) is 0 Å². The number of rotatable bonds is 20. The summed E-state index contributed by atoms with van der Waals surface area (Å²) in [5.74, 6) is -1.27. The number of benzene rings is 1. The van der Waals surface area contributed by atoms with Crippen molar-refractivity contribution in [1.82, 2.24) is 0 Å². The van der Waals surface area contributed by atoms with Crippen molar-refractivity contribution < 1.29 is 38.1 Å². The van der Waals surface area contributed by atoms with Crippen molar-refractivity contribution in [1.29, 1.82) is 0 Å². The Hall–Kier alpha value is -2.90. The molecule has 0 heterocycles. The van der Waals surface area contributed by atoms with Crippen molar-refractivity contribution in [3.05, 3.63) is 34.4 Å². The van der Waals surface area contributed by atoms with Gasteiger partial charge in [-0.1, -0.05) is 55.4 Å². The molecule has 8 heteroatoms. The summed E-state index contributed by atoms with van der Waals surface area (Å²) >= 11 is 0. The molecule has 8 nitrogen and oxygen atoms in total. The van der Waals surface area contributed by atoms with Crippen molar-refractivity contribution in [3.63, 3.8) is 0 Å². The lowest BCUT2D eigenvalue weighted by Crippen LogP contribution is -2.21. The van der Waals surface area contributed by atoms with E-state index in [1.54, 1.807) is 0 Å². The highest BCUT2D eigenvalue weighted by Crippen LogP contribution is 2.23. The molecule has 0 atom stereocenters. The maximum Gasteiger partial charge on any atom is 0.339 e. The average Bonchev–Trinajstić information content (AvgIpc) is 2.92. The molecule has 0 spiro atoms. The van der Waals surface area contributed by atoms with Crippen molar-refractivity contribution in [2.24, 2.45) is 23.7 Å². The molecule has 0 N–H and O–H groups in total. The Morgan fingerprint density at radius 1 is 0.429 bits per heavy atom. The first-order valence-electron chi connectivity index (χ1n) is 15.7. The molecule has 1 aromatic carbocycles. The molecule has 0 bridgehead atoms. The van der Waals surface area contributed by atoms with Crippen LogP contribution >= 0.6 is 0 Å². The molecule has 1 aromatic rings. The van der Waals surface area contributed by atoms with E-state index in [2.05, 4.69) is 55.4 Å². The standard InChI is InChI=1S/C34H54O8/c1-23(2)13-9-17-39-31(35)27-21-29(33(37)41-19-11-15-25(5)6)30(34(38)42-20-12-16-26(7)8)22-28(27)32(36)40-18-10-14-24(3)4/h21-26H,9-20H2,1-8H3. The first kappa shape index (κ1) is 37.1. The molecule has 0 fully saturated rings. The van der Waals surface area contributed by atoms with Gasteiger partial charge < -0.3 is 18.9 Å². The van der Waals surface area contributed by atoms with Gasteiger partial charge in [-0.25, -0.2) is 19.2 Å². The molecule has 0 aliphatic rings. The molecule has 0 amide bonds. The predicted octanol–water partition coefficient (Wildman–Crippen LogP) is 8.06. The normalized spacial score (nSPS) is 11.3. The first-order chi connectivity index (χ1) is 19.8. The number of carbonyl (C=O) groups excluding carboxylic acids is 4. The highest BCUT2D eigenvalue weighted by atomic mass is 16.5. The highest BCUT2D eigenvalue weighted by molar-refractivity contribution is 6.10. The minimum absolute atomic E-state index is 0.140. The van der Waals surface area contributed by atoms with Gasteiger partial charge in [0.2, 0.25) is 0 Å². The quantitative estimate of drug-likeness (QED) is 0.0853. The fourth-order valence-corrected chi connectivity index (χ4v) is 4.21. The van der Waals surface area contributed by atoms with E-state index in [1.165, 1.54) is 12.1 Å². The third kappa shape index (κ3) is 14.8. The van der Waals surface area contributed by atoms with E-state index >= 15 is 0 Å². The van der Waals surface area contributed by atoms with Gasteiger partial charge in [-0.05, 0) is 87.2 Å². The van der Waals surface area contributed by atoms with E-state index in [4.69, 9.17) is 18.9 Å². The zero-order valence-electron chi connectivity index (χ0n) is 27.2. The van der Waals surface area contributed by atoms with Crippen molar-refractivity contribution >= 4 is 23.9 Å². The molecule has 0 unspecified atom stereocenters. The van der Waals surface area contributed by atoms with Crippen LogP contribution < -0.4 is 0 Å². The minimum Gasteiger partial charge on any atom is -0.462 e. The Morgan fingerprint density at radius 3 is 0.786 bits per heavy atom. The molecular weight excluding hydrogens is 536 g/mol. The van der Waals surface area contributed by atoms with Crippen molar-refractivity contribution in [2.45, 2.75) is 107 Å². The molecular formula is C34H54O8. The smallest absolute Gasteiger partial charge is 0.339 e. The maximum atomic E-state index is 13.2. The van der Waals surface area contributed by atoms with E-state index in [0.29, 0.717) is 49.4 Å². The van der Waals surface area contributed by atoms with E-state index in [-0.39, 0.29) is 48.7 Å². The summed E-state index contributed by atoms with van der Waals surface area (Å²) in [5, 5.41) is 0. The lowest BCUT2D eigenvalue weighted by Gasteiger charge is -2.16. The zero-order chi connectivity index (χ0) is 31.7. The van der Waals surface area contributed by atoms with Crippen LogP contribution in [-0.4, -0.2) is 50.3 Å². The van der Waals surface area contributed by atoms with E-state index < -0.39 is 23.9 Å². The molecule has 42 heavy (non-hydrogen) atoms. The zero-order valence-corrected chi connectivity index (χ0v) is 27.2. The van der Waals surface area contributed by atoms with Gasteiger partial charge in [0.05, 0.1) is 48.7 Å². The second kappa shape index (κ2) is 20.1. The van der Waals surface area contributed by atoms with Crippen LogP contribution in [0.15, 0.2) is 12.1 Å². The molecule has 238 valence electrons. The summed E-state index contributed by atoms with van der Waals surface area (Å²) in [6.45, 7) is 17.3. The van der Waals surface area contributed by atoms with Crippen molar-refractivity contribution in [2.75, 3.05) is 26.4 Å². The van der Waals surface area contributed by atoms with E-state index in [0.717, 1.165) is 25.7 Å². The number of esters is 4. The molecule has 1 rings (SSSR count). The predicted molar refractivity (Wildman–Crippen MR) is 164 cm³/mol. The second-order valence-corrected chi connectivity index (χ2v) is 12.6. The molecule has 0 aliphatic heterocycles. The Kier molecular flexibility index (Phi) is 17.8. The van der Waals surface area contributed by atoms with E-state index in [1.807, 2.05) is 0 Å². The third-order valence-corrected chi connectivity index (χ3v) is 6.67. The fraction of sp³-hybridized carbons (Fsp3) is 0.706. The lowest BCUT2D eigenvalue weighted by atomic mass is 9.97. The summed E-state index contributed by atoms with van der Waals surface area (Å²) in [7, 11) is 0. The summed E-state index contributed by atoms with van der Waals surface area (Å²) < 4.78 is 21.9. The van der Waals surface area contributed by atoms with Gasteiger partial charge in [0, 0.05) is 0 Å². The second-order valence-electron chi connectivity index (χ2n) is 12.6. The van der Waals surface area contributed by atoms with Crippen LogP contribution in [0.3, 0.4) is 0 Å². The molecule has 0 radical (unpaired) electrons. The van der Waals surface area contributed by atoms with Crippen LogP contribution in [0.25, 0.3) is 0 Å². The van der Waals surface area contributed by atoms with E-state index in [9.17, 15) is 19.2 Å².